The van der Waals surface area contributed by atoms with Crippen molar-refractivity contribution in [3.63, 3.8) is 0 Å². The molecule has 1 saturated heterocycles. The van der Waals surface area contributed by atoms with Gasteiger partial charge in [0.25, 0.3) is 11.8 Å². The molecule has 0 spiro atoms. The lowest BCUT2D eigenvalue weighted by Gasteiger charge is -2.35. The Morgan fingerprint density at radius 2 is 1.42 bits per heavy atom. The van der Waals surface area contributed by atoms with Crippen molar-refractivity contribution in [1.82, 2.24) is 9.80 Å². The molecule has 0 aromatic heterocycles. The first-order valence-electron chi connectivity index (χ1n) is 8.21. The number of nitrogens with zero attached hydrogens (tertiary/aromatic N) is 2. The van der Waals surface area contributed by atoms with Crippen molar-refractivity contribution in [2.75, 3.05) is 26.2 Å². The lowest BCUT2D eigenvalue weighted by atomic mass is 10.1. The summed E-state index contributed by atoms with van der Waals surface area (Å²) >= 11 is 0. The van der Waals surface area contributed by atoms with Crippen molar-refractivity contribution in [2.24, 2.45) is 5.73 Å². The second kappa shape index (κ2) is 8.78. The zero-order valence-electron chi connectivity index (χ0n) is 14.2. The van der Waals surface area contributed by atoms with Crippen LogP contribution in [0.25, 0.3) is 0 Å². The Bertz CT molecular complexity index is 775. The summed E-state index contributed by atoms with van der Waals surface area (Å²) in [5, 5.41) is 0. The monoisotopic (exact) mass is 377 g/mol. The van der Waals surface area contributed by atoms with E-state index in [4.69, 9.17) is 5.73 Å². The van der Waals surface area contributed by atoms with E-state index in [2.05, 4.69) is 0 Å². The molecule has 0 atom stereocenters. The number of amides is 2. The number of hydrogen-bond donors (Lipinski definition) is 1. The van der Waals surface area contributed by atoms with Crippen molar-refractivity contribution < 1.29 is 14.0 Å². The predicted molar refractivity (Wildman–Crippen MR) is 99.8 cm³/mol. The summed E-state index contributed by atoms with van der Waals surface area (Å²) in [6.07, 6.45) is 0. The SMILES string of the molecule is Cl.NCc1ccc(C(=O)N2CCN(C(=O)c3cccc(F)c3)CC2)cc1. The third-order valence-electron chi connectivity index (χ3n) is 4.36. The first-order chi connectivity index (χ1) is 12.1. The molecule has 0 bridgehead atoms. The van der Waals surface area contributed by atoms with Gasteiger partial charge < -0.3 is 15.5 Å². The van der Waals surface area contributed by atoms with Gasteiger partial charge in [-0.1, -0.05) is 18.2 Å². The van der Waals surface area contributed by atoms with E-state index >= 15 is 0 Å². The highest BCUT2D eigenvalue weighted by Gasteiger charge is 2.25. The Morgan fingerprint density at radius 3 is 1.92 bits per heavy atom. The van der Waals surface area contributed by atoms with Gasteiger partial charge in [0, 0.05) is 43.9 Å². The van der Waals surface area contributed by atoms with Gasteiger partial charge in [-0.05, 0) is 35.9 Å². The second-order valence-corrected chi connectivity index (χ2v) is 6.00. The van der Waals surface area contributed by atoms with Crippen LogP contribution < -0.4 is 5.73 Å². The van der Waals surface area contributed by atoms with Crippen LogP contribution in [0.5, 0.6) is 0 Å². The number of halogens is 2. The first kappa shape index (κ1) is 19.9. The average Bonchev–Trinajstić information content (AvgIpc) is 2.67. The molecule has 5 nitrogen and oxygen atoms in total. The Balaban J connectivity index is 0.00000243. The molecule has 138 valence electrons. The molecule has 0 unspecified atom stereocenters. The minimum Gasteiger partial charge on any atom is -0.335 e. The lowest BCUT2D eigenvalue weighted by Crippen LogP contribution is -2.50. The molecule has 2 amide bonds. The first-order valence-corrected chi connectivity index (χ1v) is 8.21. The van der Waals surface area contributed by atoms with Crippen LogP contribution in [0.15, 0.2) is 48.5 Å². The zero-order chi connectivity index (χ0) is 17.8. The maximum absolute atomic E-state index is 13.3. The van der Waals surface area contributed by atoms with Gasteiger partial charge in [0.2, 0.25) is 0 Å². The fraction of sp³-hybridized carbons (Fsp3) is 0.263. The largest absolute Gasteiger partial charge is 0.335 e. The minimum absolute atomic E-state index is 0. The molecule has 2 aromatic carbocycles. The number of carbonyl (C=O) groups is 2. The van der Waals surface area contributed by atoms with Gasteiger partial charge in [-0.3, -0.25) is 9.59 Å². The van der Waals surface area contributed by atoms with Gasteiger partial charge in [-0.25, -0.2) is 4.39 Å². The number of nitrogens with two attached hydrogens (primary N) is 1. The predicted octanol–water partition coefficient (Wildman–Crippen LogP) is 2.30. The smallest absolute Gasteiger partial charge is 0.254 e. The zero-order valence-corrected chi connectivity index (χ0v) is 15.0. The van der Waals surface area contributed by atoms with Crippen molar-refractivity contribution in [1.29, 1.82) is 0 Å². The van der Waals surface area contributed by atoms with Gasteiger partial charge >= 0.3 is 0 Å². The molecule has 1 aliphatic heterocycles. The minimum atomic E-state index is -0.430. The summed E-state index contributed by atoms with van der Waals surface area (Å²) < 4.78 is 13.3. The van der Waals surface area contributed by atoms with Crippen LogP contribution in [-0.4, -0.2) is 47.8 Å². The number of benzene rings is 2. The summed E-state index contributed by atoms with van der Waals surface area (Å²) in [6.45, 7) is 2.22. The highest BCUT2D eigenvalue weighted by Crippen LogP contribution is 2.13. The van der Waals surface area contributed by atoms with Crippen LogP contribution in [0.1, 0.15) is 26.3 Å². The van der Waals surface area contributed by atoms with E-state index in [0.717, 1.165) is 5.56 Å². The van der Waals surface area contributed by atoms with Crippen molar-refractivity contribution in [2.45, 2.75) is 6.54 Å². The van der Waals surface area contributed by atoms with E-state index in [0.29, 0.717) is 43.9 Å². The summed E-state index contributed by atoms with van der Waals surface area (Å²) in [4.78, 5) is 28.3. The quantitative estimate of drug-likeness (QED) is 0.892. The number of carbonyl (C=O) groups excluding carboxylic acids is 2. The van der Waals surface area contributed by atoms with Gasteiger partial charge in [0.05, 0.1) is 0 Å². The van der Waals surface area contributed by atoms with Crippen molar-refractivity contribution in [3.05, 3.63) is 71.0 Å². The van der Waals surface area contributed by atoms with Crippen LogP contribution in [0.4, 0.5) is 4.39 Å². The van der Waals surface area contributed by atoms with Crippen LogP contribution >= 0.6 is 12.4 Å². The van der Waals surface area contributed by atoms with E-state index in [1.165, 1.54) is 18.2 Å². The molecule has 1 fully saturated rings. The summed E-state index contributed by atoms with van der Waals surface area (Å²) in [5.41, 5.74) is 7.48. The molecule has 3 rings (SSSR count). The van der Waals surface area contributed by atoms with Crippen LogP contribution in [-0.2, 0) is 6.54 Å². The fourth-order valence-corrected chi connectivity index (χ4v) is 2.88. The van der Waals surface area contributed by atoms with Crippen LogP contribution in [0, 0.1) is 5.82 Å². The normalized spacial score (nSPS) is 13.9. The van der Waals surface area contributed by atoms with E-state index in [-0.39, 0.29) is 24.2 Å². The number of piperazine rings is 1. The Labute approximate surface area is 158 Å². The molecule has 2 N–H and O–H groups in total. The molecule has 7 heteroatoms. The highest BCUT2D eigenvalue weighted by molar-refractivity contribution is 5.96. The Kier molecular flexibility index (Phi) is 6.71. The molecule has 0 aliphatic carbocycles. The van der Waals surface area contributed by atoms with Crippen LogP contribution in [0.3, 0.4) is 0 Å². The third kappa shape index (κ3) is 4.39. The average molecular weight is 378 g/mol. The van der Waals surface area contributed by atoms with Crippen LogP contribution in [0.2, 0.25) is 0 Å². The van der Waals surface area contributed by atoms with E-state index < -0.39 is 5.82 Å². The van der Waals surface area contributed by atoms with Crippen molar-refractivity contribution >= 4 is 24.2 Å². The van der Waals surface area contributed by atoms with E-state index in [1.807, 2.05) is 12.1 Å². The number of rotatable bonds is 3. The highest BCUT2D eigenvalue weighted by atomic mass is 35.5. The lowest BCUT2D eigenvalue weighted by molar-refractivity contribution is 0.0535. The molecule has 0 radical (unpaired) electrons. The molecular weight excluding hydrogens is 357 g/mol. The fourth-order valence-electron chi connectivity index (χ4n) is 2.88. The third-order valence-corrected chi connectivity index (χ3v) is 4.36. The summed E-state index contributed by atoms with van der Waals surface area (Å²) in [6, 6.07) is 12.9. The number of hydrogen-bond acceptors (Lipinski definition) is 3. The maximum Gasteiger partial charge on any atom is 0.254 e. The molecule has 2 aromatic rings. The molecular formula is C19H21ClFN3O2. The Morgan fingerprint density at radius 1 is 0.885 bits per heavy atom. The molecule has 1 heterocycles. The van der Waals surface area contributed by atoms with Gasteiger partial charge in [-0.15, -0.1) is 12.4 Å². The van der Waals surface area contributed by atoms with Gasteiger partial charge in [-0.2, -0.15) is 0 Å². The van der Waals surface area contributed by atoms with E-state index in [9.17, 15) is 14.0 Å². The molecule has 0 saturated carbocycles. The topological polar surface area (TPSA) is 66.6 Å². The maximum atomic E-state index is 13.3. The summed E-state index contributed by atoms with van der Waals surface area (Å²) in [5.74, 6) is -0.694. The second-order valence-electron chi connectivity index (χ2n) is 6.00. The molecule has 1 aliphatic rings. The van der Waals surface area contributed by atoms with Gasteiger partial charge in [0.15, 0.2) is 0 Å². The van der Waals surface area contributed by atoms with Gasteiger partial charge in [0.1, 0.15) is 5.82 Å². The Hall–Kier alpha value is -2.44. The summed E-state index contributed by atoms with van der Waals surface area (Å²) in [7, 11) is 0. The standard InChI is InChI=1S/C19H20FN3O2.ClH/c20-17-3-1-2-16(12-17)19(25)23-10-8-22(9-11-23)18(24)15-6-4-14(13-21)5-7-15;/h1-7,12H,8-11,13,21H2;1H. The molecule has 26 heavy (non-hydrogen) atoms. The van der Waals surface area contributed by atoms with Crippen molar-refractivity contribution in [3.8, 4) is 0 Å². The van der Waals surface area contributed by atoms with E-state index in [1.54, 1.807) is 28.0 Å².